The third-order valence-electron chi connectivity index (χ3n) is 3.82. The predicted molar refractivity (Wildman–Crippen MR) is 76.1 cm³/mol. The number of aliphatic hydroxyl groups excluding tert-OH is 1. The fourth-order valence-corrected chi connectivity index (χ4v) is 2.65. The van der Waals surface area contributed by atoms with Gasteiger partial charge in [-0.1, -0.05) is 39.0 Å². The van der Waals surface area contributed by atoms with Crippen molar-refractivity contribution in [3.63, 3.8) is 0 Å². The number of carbonyl (C=O) groups excluding carboxylic acids is 2. The molecule has 1 amide bonds. The SMILES string of the molecule is CCCCCCCCC(=O)N1CC(O)CC1C(=O)OC. The molecule has 5 heteroatoms. The third kappa shape index (κ3) is 5.12. The molecule has 1 fully saturated rings. The van der Waals surface area contributed by atoms with Crippen LogP contribution in [0.4, 0.5) is 0 Å². The summed E-state index contributed by atoms with van der Waals surface area (Å²) in [6.07, 6.45) is 6.85. The number of hydrogen-bond donors (Lipinski definition) is 1. The maximum Gasteiger partial charge on any atom is 0.328 e. The molecule has 1 aliphatic heterocycles. The molecule has 1 heterocycles. The van der Waals surface area contributed by atoms with Gasteiger partial charge in [0.1, 0.15) is 6.04 Å². The molecule has 1 aliphatic rings. The summed E-state index contributed by atoms with van der Waals surface area (Å²) >= 11 is 0. The van der Waals surface area contributed by atoms with E-state index in [0.717, 1.165) is 19.3 Å². The van der Waals surface area contributed by atoms with Gasteiger partial charge in [-0.2, -0.15) is 0 Å². The van der Waals surface area contributed by atoms with Crippen molar-refractivity contribution in [1.82, 2.24) is 4.90 Å². The summed E-state index contributed by atoms with van der Waals surface area (Å²) in [7, 11) is 1.31. The van der Waals surface area contributed by atoms with E-state index in [1.54, 1.807) is 0 Å². The van der Waals surface area contributed by atoms with Crippen LogP contribution in [0.2, 0.25) is 0 Å². The van der Waals surface area contributed by atoms with Gasteiger partial charge in [-0.05, 0) is 6.42 Å². The van der Waals surface area contributed by atoms with Crippen molar-refractivity contribution in [1.29, 1.82) is 0 Å². The molecular formula is C15H27NO4. The zero-order valence-electron chi connectivity index (χ0n) is 12.6. The van der Waals surface area contributed by atoms with Crippen LogP contribution in [0.1, 0.15) is 58.3 Å². The van der Waals surface area contributed by atoms with Crippen molar-refractivity contribution < 1.29 is 19.4 Å². The lowest BCUT2D eigenvalue weighted by molar-refractivity contribution is -0.151. The number of amides is 1. The monoisotopic (exact) mass is 285 g/mol. The number of rotatable bonds is 8. The molecule has 0 aliphatic carbocycles. The van der Waals surface area contributed by atoms with Crippen molar-refractivity contribution in [3.8, 4) is 0 Å². The van der Waals surface area contributed by atoms with Crippen molar-refractivity contribution in [2.45, 2.75) is 70.4 Å². The fraction of sp³-hybridized carbons (Fsp3) is 0.867. The Kier molecular flexibility index (Phi) is 7.59. The smallest absolute Gasteiger partial charge is 0.328 e. The van der Waals surface area contributed by atoms with E-state index < -0.39 is 18.1 Å². The normalized spacial score (nSPS) is 22.1. The fourth-order valence-electron chi connectivity index (χ4n) is 2.65. The summed E-state index contributed by atoms with van der Waals surface area (Å²) in [6.45, 7) is 2.42. The summed E-state index contributed by atoms with van der Waals surface area (Å²) in [5.74, 6) is -0.481. The Bertz CT molecular complexity index is 319. The Balaban J connectivity index is 2.32. The molecule has 0 aromatic carbocycles. The lowest BCUT2D eigenvalue weighted by atomic mass is 10.1. The van der Waals surface area contributed by atoms with E-state index in [1.807, 2.05) is 0 Å². The maximum absolute atomic E-state index is 12.1. The highest BCUT2D eigenvalue weighted by atomic mass is 16.5. The molecule has 0 radical (unpaired) electrons. The summed E-state index contributed by atoms with van der Waals surface area (Å²) in [6, 6.07) is -0.609. The highest BCUT2D eigenvalue weighted by Gasteiger charge is 2.39. The highest BCUT2D eigenvalue weighted by Crippen LogP contribution is 2.21. The van der Waals surface area contributed by atoms with Gasteiger partial charge in [0, 0.05) is 19.4 Å². The summed E-state index contributed by atoms with van der Waals surface area (Å²) < 4.78 is 4.69. The predicted octanol–water partition coefficient (Wildman–Crippen LogP) is 1.87. The van der Waals surface area contributed by atoms with Gasteiger partial charge >= 0.3 is 5.97 Å². The Morgan fingerprint density at radius 3 is 2.50 bits per heavy atom. The number of unbranched alkanes of at least 4 members (excludes halogenated alkanes) is 5. The molecule has 116 valence electrons. The third-order valence-corrected chi connectivity index (χ3v) is 3.82. The first-order valence-corrected chi connectivity index (χ1v) is 7.65. The minimum absolute atomic E-state index is 0.0487. The Morgan fingerprint density at radius 2 is 1.85 bits per heavy atom. The molecule has 5 nitrogen and oxygen atoms in total. The molecule has 2 unspecified atom stereocenters. The Hall–Kier alpha value is -1.10. The first-order chi connectivity index (χ1) is 9.60. The minimum atomic E-state index is -0.618. The van der Waals surface area contributed by atoms with E-state index in [4.69, 9.17) is 0 Å². The van der Waals surface area contributed by atoms with Gasteiger partial charge in [-0.25, -0.2) is 4.79 Å². The molecular weight excluding hydrogens is 258 g/mol. The first kappa shape index (κ1) is 17.0. The van der Waals surface area contributed by atoms with E-state index >= 15 is 0 Å². The van der Waals surface area contributed by atoms with E-state index in [2.05, 4.69) is 11.7 Å². The van der Waals surface area contributed by atoms with Crippen LogP contribution in [-0.2, 0) is 14.3 Å². The summed E-state index contributed by atoms with van der Waals surface area (Å²) in [4.78, 5) is 25.2. The van der Waals surface area contributed by atoms with Crippen LogP contribution in [-0.4, -0.2) is 47.7 Å². The molecule has 0 bridgehead atoms. The lowest BCUT2D eigenvalue weighted by Gasteiger charge is -2.22. The van der Waals surface area contributed by atoms with Crippen LogP contribution in [0.15, 0.2) is 0 Å². The number of carbonyl (C=O) groups is 2. The van der Waals surface area contributed by atoms with Crippen LogP contribution >= 0.6 is 0 Å². The van der Waals surface area contributed by atoms with Gasteiger partial charge in [0.25, 0.3) is 0 Å². The number of methoxy groups -OCH3 is 1. The average Bonchev–Trinajstić information content (AvgIpc) is 2.83. The first-order valence-electron chi connectivity index (χ1n) is 7.65. The number of esters is 1. The second-order valence-corrected chi connectivity index (χ2v) is 5.49. The van der Waals surface area contributed by atoms with Gasteiger partial charge in [-0.3, -0.25) is 4.79 Å². The molecule has 0 spiro atoms. The largest absolute Gasteiger partial charge is 0.467 e. The maximum atomic E-state index is 12.1. The molecule has 20 heavy (non-hydrogen) atoms. The van der Waals surface area contributed by atoms with E-state index in [-0.39, 0.29) is 18.9 Å². The molecule has 0 aromatic heterocycles. The van der Waals surface area contributed by atoms with Crippen molar-refractivity contribution in [2.24, 2.45) is 0 Å². The molecule has 1 rings (SSSR count). The quantitative estimate of drug-likeness (QED) is 0.546. The Labute approximate surface area is 121 Å². The van der Waals surface area contributed by atoms with Gasteiger partial charge < -0.3 is 14.7 Å². The van der Waals surface area contributed by atoms with Gasteiger partial charge in [0.15, 0.2) is 0 Å². The second kappa shape index (κ2) is 8.95. The van der Waals surface area contributed by atoms with Crippen LogP contribution in [0.5, 0.6) is 0 Å². The van der Waals surface area contributed by atoms with E-state index in [0.29, 0.717) is 6.42 Å². The number of hydrogen-bond acceptors (Lipinski definition) is 4. The summed E-state index contributed by atoms with van der Waals surface area (Å²) in [5, 5.41) is 9.63. The standard InChI is InChI=1S/C15H27NO4/c1-3-4-5-6-7-8-9-14(18)16-11-12(17)10-13(16)15(19)20-2/h12-13,17H,3-11H2,1-2H3. The zero-order valence-corrected chi connectivity index (χ0v) is 12.6. The molecule has 1 N–H and O–H groups in total. The van der Waals surface area contributed by atoms with Crippen molar-refractivity contribution >= 4 is 11.9 Å². The van der Waals surface area contributed by atoms with Crippen LogP contribution < -0.4 is 0 Å². The van der Waals surface area contributed by atoms with Crippen LogP contribution in [0.25, 0.3) is 0 Å². The van der Waals surface area contributed by atoms with Gasteiger partial charge in [-0.15, -0.1) is 0 Å². The van der Waals surface area contributed by atoms with Gasteiger partial charge in [0.2, 0.25) is 5.91 Å². The van der Waals surface area contributed by atoms with E-state index in [9.17, 15) is 14.7 Å². The number of β-amino-alcohol motifs (C(OH)–C–C–N with tert-alkyl or cyclic N) is 1. The average molecular weight is 285 g/mol. The minimum Gasteiger partial charge on any atom is -0.467 e. The zero-order chi connectivity index (χ0) is 15.0. The van der Waals surface area contributed by atoms with Crippen LogP contribution in [0.3, 0.4) is 0 Å². The van der Waals surface area contributed by atoms with Crippen molar-refractivity contribution in [3.05, 3.63) is 0 Å². The topological polar surface area (TPSA) is 66.8 Å². The molecule has 0 aromatic rings. The van der Waals surface area contributed by atoms with E-state index in [1.165, 1.54) is 31.3 Å². The summed E-state index contributed by atoms with van der Waals surface area (Å²) in [5.41, 5.74) is 0. The lowest BCUT2D eigenvalue weighted by Crippen LogP contribution is -2.41. The molecule has 2 atom stereocenters. The van der Waals surface area contributed by atoms with Crippen LogP contribution in [0, 0.1) is 0 Å². The van der Waals surface area contributed by atoms with Gasteiger partial charge in [0.05, 0.1) is 13.2 Å². The number of ether oxygens (including phenoxy) is 1. The second-order valence-electron chi connectivity index (χ2n) is 5.49. The number of nitrogens with zero attached hydrogens (tertiary/aromatic N) is 1. The number of likely N-dealkylation sites (tertiary alicyclic amines) is 1. The van der Waals surface area contributed by atoms with Crippen molar-refractivity contribution in [2.75, 3.05) is 13.7 Å². The molecule has 1 saturated heterocycles. The number of aliphatic hydroxyl groups is 1. The molecule has 0 saturated carbocycles. The Morgan fingerprint density at radius 1 is 1.20 bits per heavy atom. The highest BCUT2D eigenvalue weighted by molar-refractivity contribution is 5.85.